The number of halogens is 1. The standard InChI is InChI=1S/C23H15FO4/c24-15-9-4-3-8-14(15)18-19-16(25)10-5-11-17(19)28-23-20(18)21(26)12-6-1-2-7-13(12)22(23)27/h1-4,6-9,18H,5,10-11H2. The fourth-order valence-corrected chi connectivity index (χ4v) is 4.29. The van der Waals surface area contributed by atoms with E-state index in [0.717, 1.165) is 0 Å². The zero-order valence-electron chi connectivity index (χ0n) is 14.8. The SMILES string of the molecule is O=C1CCCC2=C1C(c1ccccc1F)C1=C(O2)C(=O)c2ccccc2C1=O. The van der Waals surface area contributed by atoms with Gasteiger partial charge in [-0.15, -0.1) is 0 Å². The van der Waals surface area contributed by atoms with Gasteiger partial charge in [-0.3, -0.25) is 14.4 Å². The Bertz CT molecular complexity index is 1140. The molecule has 0 amide bonds. The van der Waals surface area contributed by atoms with E-state index in [1.807, 2.05) is 0 Å². The molecule has 0 spiro atoms. The van der Waals surface area contributed by atoms with Gasteiger partial charge < -0.3 is 4.74 Å². The number of carbonyl (C=O) groups is 3. The monoisotopic (exact) mass is 374 g/mol. The quantitative estimate of drug-likeness (QED) is 0.748. The molecule has 0 aromatic heterocycles. The summed E-state index contributed by atoms with van der Waals surface area (Å²) in [4.78, 5) is 39.2. The van der Waals surface area contributed by atoms with Crippen LogP contribution in [0.3, 0.4) is 0 Å². The number of ketones is 3. The highest BCUT2D eigenvalue weighted by atomic mass is 19.1. The van der Waals surface area contributed by atoms with Crippen LogP contribution in [0.25, 0.3) is 0 Å². The van der Waals surface area contributed by atoms with Crippen molar-refractivity contribution < 1.29 is 23.5 Å². The van der Waals surface area contributed by atoms with Crippen LogP contribution in [-0.4, -0.2) is 17.3 Å². The van der Waals surface area contributed by atoms with Gasteiger partial charge in [0.1, 0.15) is 11.6 Å². The van der Waals surface area contributed by atoms with Crippen LogP contribution in [0.2, 0.25) is 0 Å². The summed E-state index contributed by atoms with van der Waals surface area (Å²) in [5, 5.41) is 0. The van der Waals surface area contributed by atoms with Crippen molar-refractivity contribution in [3.05, 3.63) is 93.7 Å². The van der Waals surface area contributed by atoms with Gasteiger partial charge >= 0.3 is 0 Å². The highest BCUT2D eigenvalue weighted by Crippen LogP contribution is 2.48. The van der Waals surface area contributed by atoms with Crippen molar-refractivity contribution in [3.63, 3.8) is 0 Å². The summed E-state index contributed by atoms with van der Waals surface area (Å²) < 4.78 is 20.6. The van der Waals surface area contributed by atoms with Crippen molar-refractivity contribution >= 4 is 17.3 Å². The lowest BCUT2D eigenvalue weighted by Gasteiger charge is -2.35. The molecule has 1 heterocycles. The highest BCUT2D eigenvalue weighted by molar-refractivity contribution is 6.27. The summed E-state index contributed by atoms with van der Waals surface area (Å²) >= 11 is 0. The van der Waals surface area contributed by atoms with Crippen molar-refractivity contribution in [2.75, 3.05) is 0 Å². The van der Waals surface area contributed by atoms with Crippen LogP contribution < -0.4 is 0 Å². The largest absolute Gasteiger partial charge is 0.457 e. The van der Waals surface area contributed by atoms with E-state index in [2.05, 4.69) is 0 Å². The van der Waals surface area contributed by atoms with Gasteiger partial charge in [0.05, 0.1) is 11.5 Å². The van der Waals surface area contributed by atoms with E-state index in [9.17, 15) is 18.8 Å². The van der Waals surface area contributed by atoms with Crippen LogP contribution in [0.4, 0.5) is 4.39 Å². The number of rotatable bonds is 1. The van der Waals surface area contributed by atoms with Crippen molar-refractivity contribution in [2.24, 2.45) is 0 Å². The van der Waals surface area contributed by atoms with Crippen LogP contribution in [0.1, 0.15) is 51.5 Å². The first-order valence-electron chi connectivity index (χ1n) is 9.19. The fraction of sp³-hybridized carbons (Fsp3) is 0.174. The lowest BCUT2D eigenvalue weighted by molar-refractivity contribution is -0.116. The van der Waals surface area contributed by atoms with E-state index < -0.39 is 23.3 Å². The van der Waals surface area contributed by atoms with Crippen molar-refractivity contribution in [1.29, 1.82) is 0 Å². The van der Waals surface area contributed by atoms with Gasteiger partial charge in [0.25, 0.3) is 0 Å². The molecule has 28 heavy (non-hydrogen) atoms. The Morgan fingerprint density at radius 3 is 2.25 bits per heavy atom. The number of fused-ring (bicyclic) bond motifs is 1. The minimum Gasteiger partial charge on any atom is -0.457 e. The highest BCUT2D eigenvalue weighted by Gasteiger charge is 2.46. The number of Topliss-reactive ketones (excluding diaryl/α,β-unsaturated/α-hetero) is 3. The second-order valence-electron chi connectivity index (χ2n) is 7.12. The Morgan fingerprint density at radius 2 is 1.50 bits per heavy atom. The number of carbonyl (C=O) groups excluding carboxylic acids is 3. The van der Waals surface area contributed by atoms with Crippen LogP contribution >= 0.6 is 0 Å². The van der Waals surface area contributed by atoms with Gasteiger partial charge in [-0.1, -0.05) is 42.5 Å². The second-order valence-corrected chi connectivity index (χ2v) is 7.12. The molecule has 4 nitrogen and oxygen atoms in total. The minimum absolute atomic E-state index is 0.0581. The van der Waals surface area contributed by atoms with E-state index in [0.29, 0.717) is 30.6 Å². The summed E-state index contributed by atoms with van der Waals surface area (Å²) in [5.41, 5.74) is 1.09. The first-order chi connectivity index (χ1) is 13.6. The zero-order valence-corrected chi connectivity index (χ0v) is 14.8. The smallest absolute Gasteiger partial charge is 0.229 e. The van der Waals surface area contributed by atoms with E-state index in [1.54, 1.807) is 42.5 Å². The molecule has 5 heteroatoms. The molecule has 0 fully saturated rings. The zero-order chi connectivity index (χ0) is 19.4. The van der Waals surface area contributed by atoms with Crippen molar-refractivity contribution in [2.45, 2.75) is 25.2 Å². The van der Waals surface area contributed by atoms with Crippen LogP contribution in [0, 0.1) is 5.82 Å². The summed E-state index contributed by atoms with van der Waals surface area (Å²) in [6, 6.07) is 12.6. The molecule has 2 aromatic rings. The second kappa shape index (κ2) is 6.09. The maximum Gasteiger partial charge on any atom is 0.229 e. The molecule has 0 N–H and O–H groups in total. The van der Waals surface area contributed by atoms with E-state index in [-0.39, 0.29) is 33.8 Å². The Hall–Kier alpha value is -3.34. The average molecular weight is 374 g/mol. The van der Waals surface area contributed by atoms with Gasteiger partial charge in [0.2, 0.25) is 5.78 Å². The Labute approximate surface area is 160 Å². The van der Waals surface area contributed by atoms with E-state index in [4.69, 9.17) is 4.74 Å². The van der Waals surface area contributed by atoms with Gasteiger partial charge in [-0.25, -0.2) is 4.39 Å². The van der Waals surface area contributed by atoms with Crippen LogP contribution in [-0.2, 0) is 9.53 Å². The Morgan fingerprint density at radius 1 is 0.821 bits per heavy atom. The van der Waals surface area contributed by atoms with Crippen LogP contribution in [0.15, 0.2) is 71.2 Å². The first kappa shape index (κ1) is 16.8. The van der Waals surface area contributed by atoms with Gasteiger partial charge in [0, 0.05) is 35.1 Å². The number of hydrogen-bond acceptors (Lipinski definition) is 4. The maximum absolute atomic E-state index is 14.7. The maximum atomic E-state index is 14.7. The molecule has 2 aromatic carbocycles. The van der Waals surface area contributed by atoms with Gasteiger partial charge in [-0.2, -0.15) is 0 Å². The Balaban J connectivity index is 1.80. The molecule has 138 valence electrons. The number of hydrogen-bond donors (Lipinski definition) is 0. The van der Waals surface area contributed by atoms with Crippen LogP contribution in [0.5, 0.6) is 0 Å². The molecule has 0 radical (unpaired) electrons. The van der Waals surface area contributed by atoms with Crippen molar-refractivity contribution in [1.82, 2.24) is 0 Å². The third-order valence-corrected chi connectivity index (χ3v) is 5.54. The lowest BCUT2D eigenvalue weighted by atomic mass is 9.71. The lowest BCUT2D eigenvalue weighted by Crippen LogP contribution is -2.34. The molecular formula is C23H15FO4. The Kier molecular flexibility index (Phi) is 3.66. The summed E-state index contributed by atoms with van der Waals surface area (Å²) in [5.74, 6) is -2.13. The fourth-order valence-electron chi connectivity index (χ4n) is 4.29. The first-order valence-corrected chi connectivity index (χ1v) is 9.19. The summed E-state index contributed by atoms with van der Waals surface area (Å²) in [7, 11) is 0. The molecule has 1 aliphatic heterocycles. The molecule has 5 rings (SSSR count). The number of benzene rings is 2. The van der Waals surface area contributed by atoms with E-state index in [1.165, 1.54) is 6.07 Å². The third kappa shape index (κ3) is 2.26. The molecule has 0 saturated heterocycles. The van der Waals surface area contributed by atoms with Gasteiger partial charge in [-0.05, 0) is 12.5 Å². The summed E-state index contributed by atoms with van der Waals surface area (Å²) in [6.07, 6.45) is 1.39. The number of allylic oxidation sites excluding steroid dienone is 4. The normalized spacial score (nSPS) is 21.2. The predicted molar refractivity (Wildman–Crippen MR) is 98.2 cm³/mol. The predicted octanol–water partition coefficient (Wildman–Crippen LogP) is 4.28. The van der Waals surface area contributed by atoms with E-state index >= 15 is 0 Å². The molecule has 2 aliphatic carbocycles. The molecule has 0 saturated carbocycles. The average Bonchev–Trinajstić information content (AvgIpc) is 2.71. The number of ether oxygens (including phenoxy) is 1. The molecule has 1 unspecified atom stereocenters. The molecule has 3 aliphatic rings. The summed E-state index contributed by atoms with van der Waals surface area (Å²) in [6.45, 7) is 0. The van der Waals surface area contributed by atoms with Gasteiger partial charge in [0.15, 0.2) is 17.3 Å². The topological polar surface area (TPSA) is 60.4 Å². The molecule has 1 atom stereocenters. The van der Waals surface area contributed by atoms with Crippen molar-refractivity contribution in [3.8, 4) is 0 Å². The molecule has 0 bridgehead atoms. The third-order valence-electron chi connectivity index (χ3n) is 5.54. The minimum atomic E-state index is -0.933. The molecular weight excluding hydrogens is 359 g/mol.